The van der Waals surface area contributed by atoms with Crippen molar-refractivity contribution < 1.29 is 28.5 Å². The maximum atomic E-state index is 13.1. The zero-order chi connectivity index (χ0) is 56.7. The van der Waals surface area contributed by atoms with Gasteiger partial charge < -0.3 is 18.9 Å². The van der Waals surface area contributed by atoms with Crippen molar-refractivity contribution in [2.45, 2.75) is 287 Å². The van der Waals surface area contributed by atoms with E-state index in [4.69, 9.17) is 18.9 Å². The van der Waals surface area contributed by atoms with E-state index in [9.17, 15) is 9.59 Å². The lowest BCUT2D eigenvalue weighted by atomic mass is 9.47. The lowest BCUT2D eigenvalue weighted by Gasteiger charge is -2.58. The van der Waals surface area contributed by atoms with E-state index in [0.717, 1.165) is 160 Å². The van der Waals surface area contributed by atoms with Crippen LogP contribution in [0.4, 0.5) is 0 Å². The number of carbonyl (C=O) groups excluding carboxylic acids is 2. The summed E-state index contributed by atoms with van der Waals surface area (Å²) in [6, 6.07) is 8.00. The molecule has 6 saturated carbocycles. The van der Waals surface area contributed by atoms with Gasteiger partial charge in [0.25, 0.3) is 0 Å². The molecule has 0 aliphatic heterocycles. The fraction of sp³-hybridized carbons (Fsp3) is 0.838. The van der Waals surface area contributed by atoms with Gasteiger partial charge in [0, 0.05) is 25.7 Å². The van der Waals surface area contributed by atoms with Crippen molar-refractivity contribution >= 4 is 11.9 Å². The third-order valence-corrected chi connectivity index (χ3v) is 25.0. The number of benzene rings is 1. The van der Waals surface area contributed by atoms with Crippen LogP contribution in [0.1, 0.15) is 275 Å². The second-order valence-corrected chi connectivity index (χ2v) is 30.8. The molecule has 8 aliphatic carbocycles. The smallest absolute Gasteiger partial charge is 0.306 e. The Labute approximate surface area is 490 Å². The van der Waals surface area contributed by atoms with Crippen molar-refractivity contribution in [2.24, 2.45) is 92.7 Å². The fourth-order valence-corrected chi connectivity index (χ4v) is 20.5. The predicted molar refractivity (Wildman–Crippen MR) is 329 cm³/mol. The van der Waals surface area contributed by atoms with Gasteiger partial charge in [0.15, 0.2) is 0 Å². The van der Waals surface area contributed by atoms with E-state index < -0.39 is 0 Å². The van der Waals surface area contributed by atoms with Crippen LogP contribution in [0.3, 0.4) is 0 Å². The van der Waals surface area contributed by atoms with Gasteiger partial charge in [0.1, 0.15) is 23.7 Å². The Kier molecular flexibility index (Phi) is 21.3. The van der Waals surface area contributed by atoms with Crippen molar-refractivity contribution in [3.8, 4) is 11.5 Å². The Morgan fingerprint density at radius 2 is 0.863 bits per heavy atom. The van der Waals surface area contributed by atoms with Crippen LogP contribution in [-0.4, -0.2) is 37.4 Å². The van der Waals surface area contributed by atoms with Crippen molar-refractivity contribution in [3.63, 3.8) is 0 Å². The van der Waals surface area contributed by atoms with E-state index in [2.05, 4.69) is 81.4 Å². The van der Waals surface area contributed by atoms with Crippen molar-refractivity contribution in [1.29, 1.82) is 0 Å². The number of fused-ring (bicyclic) bond motifs is 10. The van der Waals surface area contributed by atoms with E-state index in [-0.39, 0.29) is 35.0 Å². The monoisotopic (exact) mass is 1100 g/mol. The summed E-state index contributed by atoms with van der Waals surface area (Å²) in [4.78, 5) is 26.1. The molecule has 0 aromatic heterocycles. The molecule has 0 spiro atoms. The molecule has 0 N–H and O–H groups in total. The number of rotatable bonds is 28. The highest BCUT2D eigenvalue weighted by molar-refractivity contribution is 5.70. The Bertz CT molecular complexity index is 2050. The summed E-state index contributed by atoms with van der Waals surface area (Å²) in [5.41, 5.74) is 4.84. The van der Waals surface area contributed by atoms with Gasteiger partial charge in [-0.15, -0.1) is 0 Å². The molecule has 9 rings (SSSR count). The molecule has 6 heteroatoms. The van der Waals surface area contributed by atoms with Gasteiger partial charge in [-0.1, -0.05) is 157 Å². The molecular weight excluding hydrogens is 985 g/mol. The summed E-state index contributed by atoms with van der Waals surface area (Å²) in [7, 11) is 0. The number of esters is 2. The summed E-state index contributed by atoms with van der Waals surface area (Å²) in [5.74, 6) is 11.9. The van der Waals surface area contributed by atoms with Crippen LogP contribution in [0, 0.1) is 92.7 Å². The molecule has 6 fully saturated rings. The largest absolute Gasteiger partial charge is 0.494 e. The minimum atomic E-state index is -0.00603. The van der Waals surface area contributed by atoms with E-state index in [1.54, 1.807) is 11.1 Å². The maximum absolute atomic E-state index is 13.1. The first-order valence-corrected chi connectivity index (χ1v) is 34.5. The molecule has 16 atom stereocenters. The van der Waals surface area contributed by atoms with E-state index >= 15 is 0 Å². The molecule has 0 heterocycles. The van der Waals surface area contributed by atoms with Gasteiger partial charge in [-0.05, 0) is 233 Å². The van der Waals surface area contributed by atoms with E-state index in [1.165, 1.54) is 116 Å². The van der Waals surface area contributed by atoms with Crippen molar-refractivity contribution in [2.75, 3.05) is 13.2 Å². The van der Waals surface area contributed by atoms with Crippen molar-refractivity contribution in [1.82, 2.24) is 0 Å². The Morgan fingerprint density at radius 3 is 1.26 bits per heavy atom. The lowest BCUT2D eigenvalue weighted by molar-refractivity contribution is -0.152. The summed E-state index contributed by atoms with van der Waals surface area (Å²) in [6.07, 6.45) is 42.8. The first-order chi connectivity index (χ1) is 38.4. The first kappa shape index (κ1) is 61.8. The second-order valence-electron chi connectivity index (χ2n) is 30.8. The molecule has 0 amide bonds. The summed E-state index contributed by atoms with van der Waals surface area (Å²) < 4.78 is 24.5. The quantitative estimate of drug-likeness (QED) is 0.0473. The summed E-state index contributed by atoms with van der Waals surface area (Å²) in [6.45, 7) is 26.6. The topological polar surface area (TPSA) is 71.1 Å². The van der Waals surface area contributed by atoms with E-state index in [0.29, 0.717) is 36.9 Å². The third kappa shape index (κ3) is 14.1. The molecule has 1 aromatic rings. The molecule has 6 nitrogen and oxygen atoms in total. The van der Waals surface area contributed by atoms with Crippen molar-refractivity contribution in [3.05, 3.63) is 47.6 Å². The lowest BCUT2D eigenvalue weighted by Crippen LogP contribution is -2.51. The average molecular weight is 1100 g/mol. The molecule has 8 aliphatic rings. The van der Waals surface area contributed by atoms with E-state index in [1.807, 2.05) is 24.3 Å². The zero-order valence-corrected chi connectivity index (χ0v) is 53.0. The number of ether oxygens (including phenoxy) is 4. The molecule has 0 saturated heterocycles. The second kappa shape index (κ2) is 27.5. The molecule has 80 heavy (non-hydrogen) atoms. The normalized spacial score (nSPS) is 36.0. The summed E-state index contributed by atoms with van der Waals surface area (Å²) >= 11 is 0. The van der Waals surface area contributed by atoms with Crippen LogP contribution in [0.5, 0.6) is 11.5 Å². The van der Waals surface area contributed by atoms with Crippen LogP contribution < -0.4 is 9.47 Å². The van der Waals surface area contributed by atoms with Gasteiger partial charge >= 0.3 is 11.9 Å². The van der Waals surface area contributed by atoms with Crippen LogP contribution in [0.15, 0.2) is 47.6 Å². The minimum absolute atomic E-state index is 0.00603. The fourth-order valence-electron chi connectivity index (χ4n) is 20.5. The number of carbonyl (C=O) groups is 2. The molecule has 0 bridgehead atoms. The van der Waals surface area contributed by atoms with Gasteiger partial charge in [0.05, 0.1) is 13.2 Å². The summed E-state index contributed by atoms with van der Waals surface area (Å²) in [5, 5.41) is 0. The molecule has 0 unspecified atom stereocenters. The van der Waals surface area contributed by atoms with Crippen LogP contribution >= 0.6 is 0 Å². The highest BCUT2D eigenvalue weighted by Gasteiger charge is 2.61. The number of allylic oxidation sites excluding steroid dienone is 2. The van der Waals surface area contributed by atoms with Gasteiger partial charge in [-0.2, -0.15) is 0 Å². The maximum Gasteiger partial charge on any atom is 0.306 e. The zero-order valence-electron chi connectivity index (χ0n) is 53.0. The molecular formula is C74H118O6. The predicted octanol–water partition coefficient (Wildman–Crippen LogP) is 20.3. The van der Waals surface area contributed by atoms with Gasteiger partial charge in [0.2, 0.25) is 0 Å². The first-order valence-electron chi connectivity index (χ1n) is 34.5. The number of hydrogen-bond donors (Lipinski definition) is 0. The molecule has 450 valence electrons. The van der Waals surface area contributed by atoms with Crippen LogP contribution in [-0.2, 0) is 19.1 Å². The Morgan fingerprint density at radius 1 is 0.463 bits per heavy atom. The third-order valence-electron chi connectivity index (χ3n) is 25.0. The standard InChI is InChI=1S/C74H118O6/c1-51(2)21-19-23-53(5)63-35-37-65-61-33-27-55-49-59(39-43-71(55,7)67(61)41-45-73(63,65)9)79-69(75)25-15-11-13-17-47-77-57-29-31-58(32-30-57)78-48-18-14-12-16-26-70(76)80-60-40-44-72(8)56(50-60)28-34-62-66-38-36-64(54(6)24-20-22-52(3)4)74(66,10)46-42-68(62)72/h27-32,51-54,59-68H,11-26,33-50H2,1-10H3/t53-,54-,59+,60+,61+,62+,63-,64-,65+,66+,67+,68+,71+,72+,73-,74-/m1/s1. The number of unbranched alkanes of at least 4 members (excludes halogenated alkanes) is 6. The van der Waals surface area contributed by atoms with Gasteiger partial charge in [-0.25, -0.2) is 0 Å². The molecule has 1 aromatic carbocycles. The molecule has 0 radical (unpaired) electrons. The highest BCUT2D eigenvalue weighted by Crippen LogP contribution is 2.69. The van der Waals surface area contributed by atoms with Crippen LogP contribution in [0.25, 0.3) is 0 Å². The number of hydrogen-bond acceptors (Lipinski definition) is 6. The Hall–Kier alpha value is -2.76. The van der Waals surface area contributed by atoms with Crippen LogP contribution in [0.2, 0.25) is 0 Å². The SMILES string of the molecule is CC(C)CCC[C@@H](C)[C@H]1CC[C@H]2[C@@H]3CC=C4C[C@@H](OC(=O)CCCCCCOc5ccc(OCCCCCCC(=O)O[C@H]6CC[C@@]7(C)C(=CC[C@H]8[C@@H]9CC[C@H]([C@H](C)CCCC(C)C)[C@@]9(C)CC[C@@H]87)C6)cc5)CC[C@]4(C)[C@H]3CC[C@]12C. The Balaban J connectivity index is 0.582. The minimum Gasteiger partial charge on any atom is -0.494 e. The van der Waals surface area contributed by atoms with Gasteiger partial charge in [-0.3, -0.25) is 9.59 Å². The highest BCUT2D eigenvalue weighted by atomic mass is 16.5. The average Bonchev–Trinajstić information content (AvgIpc) is 4.13.